The van der Waals surface area contributed by atoms with Gasteiger partial charge in [-0.15, -0.1) is 0 Å². The second kappa shape index (κ2) is 15.8. The second-order valence-corrected chi connectivity index (χ2v) is 16.0. The third kappa shape index (κ3) is 6.38. The van der Waals surface area contributed by atoms with E-state index in [1.807, 2.05) is 81.9 Å². The van der Waals surface area contributed by atoms with Crippen LogP contribution in [0.1, 0.15) is 5.56 Å². The van der Waals surface area contributed by atoms with Crippen LogP contribution in [0.15, 0.2) is 159 Å². The van der Waals surface area contributed by atoms with Crippen LogP contribution >= 0.6 is 0 Å². The molecule has 10 nitrogen and oxygen atoms in total. The molecular formula is C53H29F5N10. The highest BCUT2D eigenvalue weighted by Crippen LogP contribution is 2.44. The Hall–Kier alpha value is -9.11. The molecular weight excluding hydrogens is 872 g/mol. The molecule has 0 atom stereocenters. The van der Waals surface area contributed by atoms with Crippen molar-refractivity contribution in [2.24, 2.45) is 0 Å². The summed E-state index contributed by atoms with van der Waals surface area (Å²) in [6, 6.07) is 33.3. The van der Waals surface area contributed by atoms with E-state index in [0.717, 1.165) is 43.7 Å². The molecule has 0 saturated heterocycles. The van der Waals surface area contributed by atoms with Crippen LogP contribution in [-0.2, 0) is 0 Å². The molecule has 15 heteroatoms. The van der Waals surface area contributed by atoms with Crippen LogP contribution in [0.4, 0.5) is 22.0 Å². The highest BCUT2D eigenvalue weighted by atomic mass is 19.2. The number of rotatable bonds is 7. The summed E-state index contributed by atoms with van der Waals surface area (Å²) in [5, 5.41) is 3.10. The van der Waals surface area contributed by atoms with Crippen molar-refractivity contribution in [2.75, 3.05) is 0 Å². The molecule has 12 rings (SSSR count). The molecule has 0 spiro atoms. The van der Waals surface area contributed by atoms with E-state index in [0.29, 0.717) is 56.8 Å². The molecule has 0 fully saturated rings. The predicted molar refractivity (Wildman–Crippen MR) is 249 cm³/mol. The SMILES string of the molecule is Cc1cc(-n2c3ccc(-c4ncccn4)cc3c3cc(-c4ncccn4)ccc32)c(-n2c3ccc(-c4ncccn4)cc3c3cc(-c4ncccn4)ccc32)cc1-c1c(F)c(F)c(F)c(F)c1F. The van der Waals surface area contributed by atoms with E-state index in [4.69, 9.17) is 0 Å². The minimum absolute atomic E-state index is 0.206. The largest absolute Gasteiger partial charge is 0.307 e. The number of hydrogen-bond acceptors (Lipinski definition) is 8. The third-order valence-electron chi connectivity index (χ3n) is 12.1. The summed E-state index contributed by atoms with van der Waals surface area (Å²) in [5.41, 5.74) is 5.51. The molecule has 0 bridgehead atoms. The van der Waals surface area contributed by atoms with Gasteiger partial charge in [-0.1, -0.05) is 0 Å². The van der Waals surface area contributed by atoms with Crippen molar-refractivity contribution in [1.82, 2.24) is 49.0 Å². The Balaban J connectivity index is 1.22. The first-order chi connectivity index (χ1) is 33.2. The first kappa shape index (κ1) is 40.4. The number of aryl methyl sites for hydroxylation is 1. The van der Waals surface area contributed by atoms with Gasteiger partial charge in [0.05, 0.1) is 39.0 Å². The molecule has 0 amide bonds. The zero-order valence-electron chi connectivity index (χ0n) is 35.4. The van der Waals surface area contributed by atoms with Gasteiger partial charge in [0.25, 0.3) is 0 Å². The molecule has 0 N–H and O–H groups in total. The lowest BCUT2D eigenvalue weighted by Crippen LogP contribution is -2.08. The second-order valence-electron chi connectivity index (χ2n) is 16.0. The number of halogens is 5. The monoisotopic (exact) mass is 900 g/mol. The van der Waals surface area contributed by atoms with Gasteiger partial charge in [-0.3, -0.25) is 0 Å². The first-order valence-corrected chi connectivity index (χ1v) is 21.2. The Labute approximate surface area is 381 Å². The smallest absolute Gasteiger partial charge is 0.200 e. The van der Waals surface area contributed by atoms with Gasteiger partial charge in [-0.05, 0) is 127 Å². The lowest BCUT2D eigenvalue weighted by molar-refractivity contribution is 0.381. The van der Waals surface area contributed by atoms with Gasteiger partial charge in [0.1, 0.15) is 0 Å². The Morgan fingerprint density at radius 1 is 0.338 bits per heavy atom. The van der Waals surface area contributed by atoms with Crippen LogP contribution < -0.4 is 0 Å². The molecule has 0 aliphatic heterocycles. The van der Waals surface area contributed by atoms with E-state index in [9.17, 15) is 4.39 Å². The quantitative estimate of drug-likeness (QED) is 0.0883. The van der Waals surface area contributed by atoms with E-state index in [2.05, 4.69) is 39.9 Å². The van der Waals surface area contributed by atoms with Crippen molar-refractivity contribution < 1.29 is 22.0 Å². The van der Waals surface area contributed by atoms with Crippen LogP contribution in [0.5, 0.6) is 0 Å². The van der Waals surface area contributed by atoms with Crippen LogP contribution in [0.3, 0.4) is 0 Å². The fraction of sp³-hybridized carbons (Fsp3) is 0.0189. The van der Waals surface area contributed by atoms with Gasteiger partial charge >= 0.3 is 0 Å². The number of nitrogens with zero attached hydrogens (tertiary/aromatic N) is 10. The van der Waals surface area contributed by atoms with Gasteiger partial charge in [-0.2, -0.15) is 0 Å². The highest BCUT2D eigenvalue weighted by Gasteiger charge is 2.30. The summed E-state index contributed by atoms with van der Waals surface area (Å²) < 4.78 is 80.9. The van der Waals surface area contributed by atoms with Crippen LogP contribution in [-0.4, -0.2) is 49.0 Å². The topological polar surface area (TPSA) is 113 Å². The summed E-state index contributed by atoms with van der Waals surface area (Å²) in [7, 11) is 0. The maximum absolute atomic E-state index is 16.0. The zero-order chi connectivity index (χ0) is 46.2. The van der Waals surface area contributed by atoms with E-state index >= 15 is 17.6 Å². The van der Waals surface area contributed by atoms with Gasteiger partial charge < -0.3 is 9.13 Å². The molecule has 6 heterocycles. The summed E-state index contributed by atoms with van der Waals surface area (Å²) in [5.74, 6) is -8.27. The van der Waals surface area contributed by atoms with Gasteiger partial charge in [0.15, 0.2) is 46.6 Å². The van der Waals surface area contributed by atoms with E-state index in [1.54, 1.807) is 86.8 Å². The van der Waals surface area contributed by atoms with Gasteiger partial charge in [0.2, 0.25) is 5.82 Å². The Kier molecular flexibility index (Phi) is 9.39. The van der Waals surface area contributed by atoms with Crippen molar-refractivity contribution in [3.05, 3.63) is 193 Å². The normalized spacial score (nSPS) is 11.7. The minimum Gasteiger partial charge on any atom is -0.307 e. The zero-order valence-corrected chi connectivity index (χ0v) is 35.4. The van der Waals surface area contributed by atoms with Crippen molar-refractivity contribution in [3.8, 4) is 68.1 Å². The molecule has 0 saturated carbocycles. The summed E-state index contributed by atoms with van der Waals surface area (Å²) >= 11 is 0. The third-order valence-corrected chi connectivity index (χ3v) is 12.1. The number of benzene rings is 6. The summed E-state index contributed by atoms with van der Waals surface area (Å²) in [6.07, 6.45) is 13.3. The summed E-state index contributed by atoms with van der Waals surface area (Å²) in [6.45, 7) is 1.58. The van der Waals surface area contributed by atoms with Gasteiger partial charge in [-0.25, -0.2) is 61.8 Å². The molecule has 0 aliphatic carbocycles. The van der Waals surface area contributed by atoms with E-state index < -0.39 is 34.6 Å². The van der Waals surface area contributed by atoms with E-state index in [-0.39, 0.29) is 11.1 Å². The van der Waals surface area contributed by atoms with Crippen LogP contribution in [0, 0.1) is 36.0 Å². The maximum atomic E-state index is 16.0. The van der Waals surface area contributed by atoms with E-state index in [1.165, 1.54) is 6.07 Å². The predicted octanol–water partition coefficient (Wildman–Crippen LogP) is 12.4. The Morgan fingerprint density at radius 3 is 0.926 bits per heavy atom. The summed E-state index contributed by atoms with van der Waals surface area (Å²) in [4.78, 5) is 36.0. The molecule has 6 aromatic carbocycles. The lowest BCUT2D eigenvalue weighted by Gasteiger charge is -2.21. The molecule has 12 aromatic rings. The average Bonchev–Trinajstić information content (AvgIpc) is 3.90. The van der Waals surface area contributed by atoms with Crippen molar-refractivity contribution in [3.63, 3.8) is 0 Å². The fourth-order valence-electron chi connectivity index (χ4n) is 9.06. The van der Waals surface area contributed by atoms with Crippen molar-refractivity contribution in [2.45, 2.75) is 6.92 Å². The Bertz CT molecular complexity index is 3760. The molecule has 6 aromatic heterocycles. The maximum Gasteiger partial charge on any atom is 0.200 e. The van der Waals surface area contributed by atoms with Crippen molar-refractivity contribution in [1.29, 1.82) is 0 Å². The number of fused-ring (bicyclic) bond motifs is 6. The lowest BCUT2D eigenvalue weighted by atomic mass is 9.96. The highest BCUT2D eigenvalue weighted by molar-refractivity contribution is 6.14. The number of aromatic nitrogens is 10. The van der Waals surface area contributed by atoms with Crippen LogP contribution in [0.2, 0.25) is 0 Å². The standard InChI is InChI=1S/C53H29F5N10/c1-28-22-42(67-38-10-6-29(50-59-14-2-15-60-50)23-34(38)35-24-30(7-11-39(35)67)51-61-16-3-17-62-51)43(27-33(28)44-45(54)47(56)49(58)48(57)46(44)55)68-40-12-8-31(52-63-18-4-19-64-52)25-36(40)37-26-32(9-13-41(37)68)53-65-20-5-21-66-53/h2-27H,1H3. The molecule has 326 valence electrons. The molecule has 0 radical (unpaired) electrons. The molecule has 0 unspecified atom stereocenters. The first-order valence-electron chi connectivity index (χ1n) is 21.2. The molecule has 68 heavy (non-hydrogen) atoms. The average molecular weight is 901 g/mol. The fourth-order valence-corrected chi connectivity index (χ4v) is 9.06. The molecule has 0 aliphatic rings. The van der Waals surface area contributed by atoms with Crippen LogP contribution in [0.25, 0.3) is 112 Å². The number of hydrogen-bond donors (Lipinski definition) is 0. The van der Waals surface area contributed by atoms with Crippen molar-refractivity contribution >= 4 is 43.6 Å². The Morgan fingerprint density at radius 2 is 0.618 bits per heavy atom. The van der Waals surface area contributed by atoms with Gasteiger partial charge in [0, 0.05) is 93.4 Å². The minimum atomic E-state index is -2.25.